The van der Waals surface area contributed by atoms with Crippen molar-refractivity contribution in [1.29, 1.82) is 0 Å². The van der Waals surface area contributed by atoms with E-state index in [4.69, 9.17) is 27.9 Å². The second-order valence-electron chi connectivity index (χ2n) is 5.50. The van der Waals surface area contributed by atoms with Crippen LogP contribution in [-0.4, -0.2) is 28.9 Å². The Morgan fingerprint density at radius 2 is 1.96 bits per heavy atom. The molecule has 0 radical (unpaired) electrons. The van der Waals surface area contributed by atoms with Gasteiger partial charge in [-0.2, -0.15) is 10.2 Å². The molecule has 2 aromatic carbocycles. The summed E-state index contributed by atoms with van der Waals surface area (Å²) in [5.74, 6) is 0.377. The van der Waals surface area contributed by atoms with Crippen LogP contribution in [0.2, 0.25) is 10.0 Å². The van der Waals surface area contributed by atoms with E-state index in [0.29, 0.717) is 22.3 Å². The molecule has 3 aromatic rings. The normalized spacial score (nSPS) is 10.9. The summed E-state index contributed by atoms with van der Waals surface area (Å²) in [6, 6.07) is 14.1. The van der Waals surface area contributed by atoms with Crippen LogP contribution in [0.25, 0.3) is 11.3 Å². The molecule has 1 heterocycles. The van der Waals surface area contributed by atoms with E-state index >= 15 is 0 Å². The molecule has 1 amide bonds. The van der Waals surface area contributed by atoms with Gasteiger partial charge in [-0.05, 0) is 55.0 Å². The van der Waals surface area contributed by atoms with Crippen LogP contribution in [0.3, 0.4) is 0 Å². The SMILES string of the molecule is CCOc1ccc(C=NNC(=O)c2cc(-c3ccc(Cl)c(Cl)c3)n[nH]2)cc1. The molecule has 0 aliphatic carbocycles. The summed E-state index contributed by atoms with van der Waals surface area (Å²) < 4.78 is 5.37. The van der Waals surface area contributed by atoms with Crippen molar-refractivity contribution in [2.75, 3.05) is 6.61 Å². The molecular weight excluding hydrogens is 387 g/mol. The number of nitrogens with one attached hydrogen (secondary N) is 2. The van der Waals surface area contributed by atoms with Gasteiger partial charge in [-0.1, -0.05) is 29.3 Å². The molecule has 138 valence electrons. The van der Waals surface area contributed by atoms with E-state index in [1.807, 2.05) is 31.2 Å². The first-order valence-electron chi connectivity index (χ1n) is 8.14. The Balaban J connectivity index is 1.63. The summed E-state index contributed by atoms with van der Waals surface area (Å²) in [7, 11) is 0. The highest BCUT2D eigenvalue weighted by atomic mass is 35.5. The van der Waals surface area contributed by atoms with Crippen LogP contribution in [-0.2, 0) is 0 Å². The maximum Gasteiger partial charge on any atom is 0.289 e. The van der Waals surface area contributed by atoms with Gasteiger partial charge < -0.3 is 4.74 Å². The number of halogens is 2. The average Bonchev–Trinajstić information content (AvgIpc) is 3.16. The number of amides is 1. The van der Waals surface area contributed by atoms with Crippen molar-refractivity contribution in [1.82, 2.24) is 15.6 Å². The topological polar surface area (TPSA) is 79.4 Å². The number of aromatic nitrogens is 2. The standard InChI is InChI=1S/C19H16Cl2N4O2/c1-2-27-14-6-3-12(4-7-14)11-22-25-19(26)18-10-17(23-24-18)13-5-8-15(20)16(21)9-13/h3-11H,2H2,1H3,(H,23,24)(H,25,26). The first kappa shape index (κ1) is 18.9. The maximum absolute atomic E-state index is 12.2. The number of hydrazone groups is 1. The molecule has 0 saturated carbocycles. The third kappa shape index (κ3) is 4.87. The van der Waals surface area contributed by atoms with Crippen LogP contribution in [0.1, 0.15) is 23.0 Å². The number of hydrogen-bond acceptors (Lipinski definition) is 4. The van der Waals surface area contributed by atoms with Gasteiger partial charge >= 0.3 is 0 Å². The molecule has 0 spiro atoms. The number of hydrogen-bond donors (Lipinski definition) is 2. The predicted octanol–water partition coefficient (Wildman–Crippen LogP) is 4.55. The number of carbonyl (C=O) groups is 1. The molecule has 0 saturated heterocycles. The molecule has 2 N–H and O–H groups in total. The Bertz CT molecular complexity index is 968. The Kier molecular flexibility index (Phi) is 6.11. The molecule has 0 fully saturated rings. The fourth-order valence-electron chi connectivity index (χ4n) is 2.28. The van der Waals surface area contributed by atoms with Gasteiger partial charge in [0, 0.05) is 5.56 Å². The highest BCUT2D eigenvalue weighted by Crippen LogP contribution is 2.27. The highest BCUT2D eigenvalue weighted by Gasteiger charge is 2.11. The third-order valence-electron chi connectivity index (χ3n) is 3.61. The number of nitrogens with zero attached hydrogens (tertiary/aromatic N) is 2. The van der Waals surface area contributed by atoms with Crippen LogP contribution in [0.15, 0.2) is 53.6 Å². The molecular formula is C19H16Cl2N4O2. The van der Waals surface area contributed by atoms with Crippen molar-refractivity contribution in [3.8, 4) is 17.0 Å². The molecule has 3 rings (SSSR count). The van der Waals surface area contributed by atoms with Crippen molar-refractivity contribution >= 4 is 35.3 Å². The van der Waals surface area contributed by atoms with Crippen molar-refractivity contribution in [3.05, 3.63) is 69.8 Å². The Morgan fingerprint density at radius 3 is 2.67 bits per heavy atom. The summed E-state index contributed by atoms with van der Waals surface area (Å²) in [4.78, 5) is 12.2. The molecule has 0 aliphatic rings. The average molecular weight is 403 g/mol. The molecule has 27 heavy (non-hydrogen) atoms. The number of carbonyl (C=O) groups excluding carboxylic acids is 1. The second-order valence-corrected chi connectivity index (χ2v) is 6.31. The minimum absolute atomic E-state index is 0.278. The number of ether oxygens (including phenoxy) is 1. The van der Waals surface area contributed by atoms with E-state index in [9.17, 15) is 4.79 Å². The van der Waals surface area contributed by atoms with Crippen molar-refractivity contribution in [2.24, 2.45) is 5.10 Å². The fourth-order valence-corrected chi connectivity index (χ4v) is 2.58. The lowest BCUT2D eigenvalue weighted by Gasteiger charge is -2.02. The molecule has 1 aromatic heterocycles. The van der Waals surface area contributed by atoms with Gasteiger partial charge in [-0.15, -0.1) is 0 Å². The highest BCUT2D eigenvalue weighted by molar-refractivity contribution is 6.42. The summed E-state index contributed by atoms with van der Waals surface area (Å²) in [6.07, 6.45) is 1.55. The number of rotatable bonds is 6. The molecule has 6 nitrogen and oxygen atoms in total. The van der Waals surface area contributed by atoms with Gasteiger partial charge in [0.2, 0.25) is 0 Å². The number of H-pyrrole nitrogens is 1. The predicted molar refractivity (Wildman–Crippen MR) is 107 cm³/mol. The van der Waals surface area contributed by atoms with Crippen LogP contribution in [0, 0.1) is 0 Å². The van der Waals surface area contributed by atoms with Gasteiger partial charge in [0.1, 0.15) is 11.4 Å². The van der Waals surface area contributed by atoms with E-state index in [-0.39, 0.29) is 5.69 Å². The van der Waals surface area contributed by atoms with E-state index in [1.54, 1.807) is 30.5 Å². The van der Waals surface area contributed by atoms with Crippen LogP contribution in [0.4, 0.5) is 0 Å². The molecule has 0 bridgehead atoms. The van der Waals surface area contributed by atoms with Gasteiger partial charge in [0.25, 0.3) is 5.91 Å². The van der Waals surface area contributed by atoms with Crippen LogP contribution >= 0.6 is 23.2 Å². The summed E-state index contributed by atoms with van der Waals surface area (Å²) in [5, 5.41) is 11.6. The van der Waals surface area contributed by atoms with E-state index in [2.05, 4.69) is 20.7 Å². The van der Waals surface area contributed by atoms with Gasteiger partial charge in [0.15, 0.2) is 0 Å². The quantitative estimate of drug-likeness (QED) is 0.468. The zero-order valence-corrected chi connectivity index (χ0v) is 15.9. The van der Waals surface area contributed by atoms with Gasteiger partial charge in [-0.3, -0.25) is 9.89 Å². The second kappa shape index (κ2) is 8.70. The largest absolute Gasteiger partial charge is 0.494 e. The van der Waals surface area contributed by atoms with Gasteiger partial charge in [0.05, 0.1) is 28.6 Å². The Morgan fingerprint density at radius 1 is 1.19 bits per heavy atom. The van der Waals surface area contributed by atoms with E-state index in [0.717, 1.165) is 16.9 Å². The van der Waals surface area contributed by atoms with E-state index in [1.165, 1.54) is 0 Å². The zero-order valence-electron chi connectivity index (χ0n) is 14.4. The molecule has 8 heteroatoms. The smallest absolute Gasteiger partial charge is 0.289 e. The lowest BCUT2D eigenvalue weighted by atomic mass is 10.1. The summed E-state index contributed by atoms with van der Waals surface area (Å²) >= 11 is 11.9. The van der Waals surface area contributed by atoms with Crippen molar-refractivity contribution in [3.63, 3.8) is 0 Å². The lowest BCUT2D eigenvalue weighted by Crippen LogP contribution is -2.17. The Hall–Kier alpha value is -2.83. The zero-order chi connectivity index (χ0) is 19.2. The molecule has 0 aliphatic heterocycles. The Labute approximate surface area is 166 Å². The monoisotopic (exact) mass is 402 g/mol. The lowest BCUT2D eigenvalue weighted by molar-refractivity contribution is 0.0950. The van der Waals surface area contributed by atoms with Crippen molar-refractivity contribution in [2.45, 2.75) is 6.92 Å². The number of aromatic amines is 1. The minimum atomic E-state index is -0.406. The van der Waals surface area contributed by atoms with Crippen LogP contribution < -0.4 is 10.2 Å². The maximum atomic E-state index is 12.2. The van der Waals surface area contributed by atoms with Crippen LogP contribution in [0.5, 0.6) is 5.75 Å². The third-order valence-corrected chi connectivity index (χ3v) is 4.35. The van der Waals surface area contributed by atoms with E-state index < -0.39 is 5.91 Å². The fraction of sp³-hybridized carbons (Fsp3) is 0.105. The minimum Gasteiger partial charge on any atom is -0.494 e. The van der Waals surface area contributed by atoms with Gasteiger partial charge in [-0.25, -0.2) is 5.43 Å². The first-order valence-corrected chi connectivity index (χ1v) is 8.89. The summed E-state index contributed by atoms with van der Waals surface area (Å²) in [6.45, 7) is 2.53. The van der Waals surface area contributed by atoms with Crippen molar-refractivity contribution < 1.29 is 9.53 Å². The number of benzene rings is 2. The molecule has 0 atom stereocenters. The molecule has 0 unspecified atom stereocenters. The first-order chi connectivity index (χ1) is 13.1. The summed E-state index contributed by atoms with van der Waals surface area (Å²) in [5.41, 5.74) is 4.89.